The molecule has 0 aromatic carbocycles. The first-order valence-corrected chi connectivity index (χ1v) is 7.37. The molecule has 3 atom stereocenters. The van der Waals surface area contributed by atoms with Gasteiger partial charge in [-0.15, -0.1) is 0 Å². The Balaban J connectivity index is 2.13. The van der Waals surface area contributed by atoms with Crippen molar-refractivity contribution < 1.29 is 9.90 Å². The molecule has 1 aliphatic carbocycles. The van der Waals surface area contributed by atoms with Crippen molar-refractivity contribution in [1.29, 1.82) is 0 Å². The van der Waals surface area contributed by atoms with E-state index in [1.165, 1.54) is 12.8 Å². The van der Waals surface area contributed by atoms with Crippen LogP contribution in [0.2, 0.25) is 0 Å². The van der Waals surface area contributed by atoms with Crippen LogP contribution in [-0.4, -0.2) is 54.4 Å². The fourth-order valence-electron chi connectivity index (χ4n) is 1.96. The van der Waals surface area contributed by atoms with E-state index in [4.69, 9.17) is 0 Å². The summed E-state index contributed by atoms with van der Waals surface area (Å²) in [6, 6.07) is 0.850. The molecule has 0 saturated heterocycles. The summed E-state index contributed by atoms with van der Waals surface area (Å²) < 4.78 is 0. The number of nitrogens with one attached hydrogen (secondary N) is 2. The Hall–Kier alpha value is -0.810. The molecule has 5 nitrogen and oxygen atoms in total. The van der Waals surface area contributed by atoms with Gasteiger partial charge < -0.3 is 15.7 Å². The highest BCUT2D eigenvalue weighted by atomic mass is 16.3. The van der Waals surface area contributed by atoms with E-state index in [1.807, 2.05) is 13.8 Å². The Bertz CT molecular complexity index is 282. The second-order valence-corrected chi connectivity index (χ2v) is 5.79. The Morgan fingerprint density at radius 1 is 1.32 bits per heavy atom. The van der Waals surface area contributed by atoms with Crippen LogP contribution in [0.15, 0.2) is 0 Å². The number of hydrogen-bond donors (Lipinski definition) is 3. The van der Waals surface area contributed by atoms with Crippen LogP contribution in [-0.2, 0) is 0 Å². The van der Waals surface area contributed by atoms with E-state index in [2.05, 4.69) is 29.5 Å². The smallest absolute Gasteiger partial charge is 0.314 e. The molecule has 1 fully saturated rings. The number of amides is 2. The molecule has 1 aliphatic rings. The van der Waals surface area contributed by atoms with Gasteiger partial charge in [-0.1, -0.05) is 20.3 Å². The average molecular weight is 271 g/mol. The molecule has 1 saturated carbocycles. The lowest BCUT2D eigenvalue weighted by atomic mass is 10.0. The first-order chi connectivity index (χ1) is 8.95. The highest BCUT2D eigenvalue weighted by molar-refractivity contribution is 5.73. The highest BCUT2D eigenvalue weighted by Crippen LogP contribution is 2.26. The zero-order chi connectivity index (χ0) is 14.4. The van der Waals surface area contributed by atoms with Gasteiger partial charge in [-0.2, -0.15) is 0 Å². The molecule has 19 heavy (non-hydrogen) atoms. The predicted octanol–water partition coefficient (Wildman–Crippen LogP) is 1.18. The van der Waals surface area contributed by atoms with Crippen LogP contribution in [0.1, 0.15) is 40.0 Å². The summed E-state index contributed by atoms with van der Waals surface area (Å²) in [5, 5.41) is 15.3. The van der Waals surface area contributed by atoms with Gasteiger partial charge in [-0.05, 0) is 32.7 Å². The van der Waals surface area contributed by atoms with Gasteiger partial charge in [-0.3, -0.25) is 4.90 Å². The van der Waals surface area contributed by atoms with Crippen LogP contribution in [0, 0.1) is 5.92 Å². The molecule has 3 N–H and O–H groups in total. The minimum Gasteiger partial charge on any atom is -0.391 e. The monoisotopic (exact) mass is 271 g/mol. The molecule has 0 aliphatic heterocycles. The molecule has 0 aromatic heterocycles. The van der Waals surface area contributed by atoms with E-state index in [9.17, 15) is 9.90 Å². The van der Waals surface area contributed by atoms with Crippen molar-refractivity contribution in [2.75, 3.05) is 20.1 Å². The van der Waals surface area contributed by atoms with Gasteiger partial charge in [-0.25, -0.2) is 4.79 Å². The Kier molecular flexibility index (Phi) is 6.58. The molecule has 1 rings (SSSR count). The maximum Gasteiger partial charge on any atom is 0.314 e. The van der Waals surface area contributed by atoms with Crippen molar-refractivity contribution in [2.45, 2.75) is 58.2 Å². The third kappa shape index (κ3) is 5.78. The highest BCUT2D eigenvalue weighted by Gasteiger charge is 2.29. The van der Waals surface area contributed by atoms with E-state index < -0.39 is 6.10 Å². The molecule has 2 amide bonds. The van der Waals surface area contributed by atoms with E-state index >= 15 is 0 Å². The van der Waals surface area contributed by atoms with Crippen LogP contribution in [0.5, 0.6) is 0 Å². The number of carbonyl (C=O) groups is 1. The molecular weight excluding hydrogens is 242 g/mol. The van der Waals surface area contributed by atoms with Gasteiger partial charge in [0.05, 0.1) is 6.10 Å². The quantitative estimate of drug-likeness (QED) is 0.621. The van der Waals surface area contributed by atoms with E-state index in [0.29, 0.717) is 25.2 Å². The summed E-state index contributed by atoms with van der Waals surface area (Å²) in [6.07, 6.45) is 2.98. The first kappa shape index (κ1) is 16.2. The van der Waals surface area contributed by atoms with Crippen LogP contribution in [0.3, 0.4) is 0 Å². The van der Waals surface area contributed by atoms with Gasteiger partial charge in [0.1, 0.15) is 0 Å². The number of hydrogen-bond acceptors (Lipinski definition) is 3. The van der Waals surface area contributed by atoms with Gasteiger partial charge in [0.25, 0.3) is 0 Å². The Labute approximate surface area is 116 Å². The zero-order valence-electron chi connectivity index (χ0n) is 12.6. The number of aliphatic hydroxyl groups excluding tert-OH is 1. The number of rotatable bonds is 8. The van der Waals surface area contributed by atoms with Crippen molar-refractivity contribution >= 4 is 6.03 Å². The second kappa shape index (κ2) is 7.70. The molecule has 5 heteroatoms. The van der Waals surface area contributed by atoms with Gasteiger partial charge in [0.2, 0.25) is 0 Å². The number of carbonyl (C=O) groups excluding carboxylic acids is 1. The van der Waals surface area contributed by atoms with Crippen LogP contribution >= 0.6 is 0 Å². The van der Waals surface area contributed by atoms with Crippen LogP contribution < -0.4 is 10.6 Å². The number of likely N-dealkylation sites (N-methyl/N-ethyl adjacent to an activating group) is 1. The van der Waals surface area contributed by atoms with Crippen molar-refractivity contribution in [3.8, 4) is 0 Å². The molecule has 0 heterocycles. The van der Waals surface area contributed by atoms with Gasteiger partial charge >= 0.3 is 6.03 Å². The van der Waals surface area contributed by atoms with Crippen LogP contribution in [0.4, 0.5) is 4.79 Å². The Morgan fingerprint density at radius 2 is 1.89 bits per heavy atom. The van der Waals surface area contributed by atoms with E-state index in [1.54, 1.807) is 0 Å². The third-order valence-electron chi connectivity index (χ3n) is 4.15. The molecule has 3 unspecified atom stereocenters. The molecular formula is C14H29N3O2. The first-order valence-electron chi connectivity index (χ1n) is 7.37. The molecule has 0 spiro atoms. The SMILES string of the molecule is CCC(C)C(O)CNC(=O)NCC(C)N(C)C1CC1. The predicted molar refractivity (Wildman–Crippen MR) is 77.1 cm³/mol. The molecule has 112 valence electrons. The van der Waals surface area contributed by atoms with Crippen molar-refractivity contribution in [1.82, 2.24) is 15.5 Å². The number of aliphatic hydroxyl groups is 1. The number of urea groups is 1. The average Bonchev–Trinajstić information content (AvgIpc) is 3.24. The molecule has 0 radical (unpaired) electrons. The fourth-order valence-corrected chi connectivity index (χ4v) is 1.96. The topological polar surface area (TPSA) is 64.6 Å². The summed E-state index contributed by atoms with van der Waals surface area (Å²) >= 11 is 0. The maximum atomic E-state index is 11.6. The largest absolute Gasteiger partial charge is 0.391 e. The van der Waals surface area contributed by atoms with Crippen molar-refractivity contribution in [3.05, 3.63) is 0 Å². The van der Waals surface area contributed by atoms with Gasteiger partial charge in [0, 0.05) is 25.2 Å². The summed E-state index contributed by atoms with van der Waals surface area (Å²) in [5.41, 5.74) is 0. The molecule has 0 aromatic rings. The standard InChI is InChI=1S/C14H29N3O2/c1-5-10(2)13(18)9-16-14(19)15-8-11(3)17(4)12-6-7-12/h10-13,18H,5-9H2,1-4H3,(H2,15,16,19). The second-order valence-electron chi connectivity index (χ2n) is 5.79. The lowest BCUT2D eigenvalue weighted by molar-refractivity contribution is 0.114. The zero-order valence-corrected chi connectivity index (χ0v) is 12.6. The summed E-state index contributed by atoms with van der Waals surface area (Å²) in [6.45, 7) is 7.08. The summed E-state index contributed by atoms with van der Waals surface area (Å²) in [4.78, 5) is 13.9. The number of nitrogens with zero attached hydrogens (tertiary/aromatic N) is 1. The van der Waals surface area contributed by atoms with Crippen molar-refractivity contribution in [2.24, 2.45) is 5.92 Å². The fraction of sp³-hybridized carbons (Fsp3) is 0.929. The Morgan fingerprint density at radius 3 is 2.42 bits per heavy atom. The normalized spacial score (nSPS) is 19.9. The third-order valence-corrected chi connectivity index (χ3v) is 4.15. The lowest BCUT2D eigenvalue weighted by Crippen LogP contribution is -2.46. The maximum absolute atomic E-state index is 11.6. The molecule has 0 bridgehead atoms. The lowest BCUT2D eigenvalue weighted by Gasteiger charge is -2.25. The van der Waals surface area contributed by atoms with Crippen molar-refractivity contribution in [3.63, 3.8) is 0 Å². The minimum absolute atomic E-state index is 0.196. The van der Waals surface area contributed by atoms with E-state index in [-0.39, 0.29) is 11.9 Å². The summed E-state index contributed by atoms with van der Waals surface area (Å²) in [5.74, 6) is 0.209. The van der Waals surface area contributed by atoms with Crippen LogP contribution in [0.25, 0.3) is 0 Å². The van der Waals surface area contributed by atoms with E-state index in [0.717, 1.165) is 6.42 Å². The summed E-state index contributed by atoms with van der Waals surface area (Å²) in [7, 11) is 2.11. The van der Waals surface area contributed by atoms with Gasteiger partial charge in [0.15, 0.2) is 0 Å². The minimum atomic E-state index is -0.470.